The topological polar surface area (TPSA) is 20.3 Å². The van der Waals surface area contributed by atoms with E-state index in [0.29, 0.717) is 19.0 Å². The van der Waals surface area contributed by atoms with E-state index in [1.165, 1.54) is 0 Å². The van der Waals surface area contributed by atoms with Crippen LogP contribution in [0.4, 0.5) is 0 Å². The molecule has 0 saturated carbocycles. The standard InChI is InChI=1S/C12H12ClNO/c13-7-3-4-8-14-9-10-5-1-2-6-11(10)12(14)15/h1-6H,7-9H2/b4-3+. The Morgan fingerprint density at radius 2 is 2.13 bits per heavy atom. The molecule has 0 aromatic heterocycles. The normalized spacial score (nSPS) is 15.0. The summed E-state index contributed by atoms with van der Waals surface area (Å²) in [4.78, 5) is 13.7. The van der Waals surface area contributed by atoms with Crippen molar-refractivity contribution in [1.82, 2.24) is 4.90 Å². The van der Waals surface area contributed by atoms with Gasteiger partial charge in [0, 0.05) is 24.5 Å². The molecular formula is C12H12ClNO. The van der Waals surface area contributed by atoms with E-state index >= 15 is 0 Å². The number of benzene rings is 1. The molecule has 0 spiro atoms. The van der Waals surface area contributed by atoms with Gasteiger partial charge in [-0.15, -0.1) is 11.6 Å². The molecule has 0 unspecified atom stereocenters. The fraction of sp³-hybridized carbons (Fsp3) is 0.250. The molecule has 1 aromatic rings. The summed E-state index contributed by atoms with van der Waals surface area (Å²) in [6, 6.07) is 7.74. The predicted molar refractivity (Wildman–Crippen MR) is 61.0 cm³/mol. The second-order valence-electron chi connectivity index (χ2n) is 3.47. The highest BCUT2D eigenvalue weighted by Gasteiger charge is 2.25. The Kier molecular flexibility index (Phi) is 3.07. The molecule has 15 heavy (non-hydrogen) atoms. The van der Waals surface area contributed by atoms with Gasteiger partial charge in [0.05, 0.1) is 0 Å². The second kappa shape index (κ2) is 4.49. The Morgan fingerprint density at radius 1 is 1.33 bits per heavy atom. The van der Waals surface area contributed by atoms with Crippen molar-refractivity contribution in [2.75, 3.05) is 12.4 Å². The first-order chi connectivity index (χ1) is 7.33. The zero-order chi connectivity index (χ0) is 10.7. The van der Waals surface area contributed by atoms with Crippen molar-refractivity contribution in [2.45, 2.75) is 6.54 Å². The molecule has 0 atom stereocenters. The van der Waals surface area contributed by atoms with E-state index in [1.54, 1.807) is 0 Å². The summed E-state index contributed by atoms with van der Waals surface area (Å²) in [5.41, 5.74) is 1.94. The molecule has 1 aromatic carbocycles. The van der Waals surface area contributed by atoms with Gasteiger partial charge in [-0.05, 0) is 11.6 Å². The molecule has 0 radical (unpaired) electrons. The number of amides is 1. The quantitative estimate of drug-likeness (QED) is 0.567. The van der Waals surface area contributed by atoms with Crippen LogP contribution in [0.2, 0.25) is 0 Å². The van der Waals surface area contributed by atoms with Crippen LogP contribution < -0.4 is 0 Å². The van der Waals surface area contributed by atoms with E-state index in [4.69, 9.17) is 11.6 Å². The maximum atomic E-state index is 11.8. The lowest BCUT2D eigenvalue weighted by molar-refractivity contribution is 0.0796. The Morgan fingerprint density at radius 3 is 2.87 bits per heavy atom. The lowest BCUT2D eigenvalue weighted by Crippen LogP contribution is -2.23. The van der Waals surface area contributed by atoms with E-state index in [0.717, 1.165) is 11.1 Å². The second-order valence-corrected chi connectivity index (χ2v) is 3.78. The number of halogens is 1. The SMILES string of the molecule is O=C1c2ccccc2CN1C/C=C/CCl. The minimum Gasteiger partial charge on any atom is -0.331 e. The third-order valence-corrected chi connectivity index (χ3v) is 2.66. The first-order valence-electron chi connectivity index (χ1n) is 4.91. The molecule has 0 saturated heterocycles. The molecule has 1 aliphatic heterocycles. The van der Waals surface area contributed by atoms with Gasteiger partial charge >= 0.3 is 0 Å². The molecule has 1 amide bonds. The Bertz CT molecular complexity index is 400. The number of alkyl halides is 1. The number of hydrogen-bond acceptors (Lipinski definition) is 1. The summed E-state index contributed by atoms with van der Waals surface area (Å²) in [5.74, 6) is 0.611. The number of carbonyl (C=O) groups is 1. The van der Waals surface area contributed by atoms with Crippen LogP contribution >= 0.6 is 11.6 Å². The number of rotatable bonds is 3. The Balaban J connectivity index is 2.10. The third kappa shape index (κ3) is 2.05. The van der Waals surface area contributed by atoms with Crippen LogP contribution in [0.15, 0.2) is 36.4 Å². The van der Waals surface area contributed by atoms with Gasteiger partial charge in [-0.1, -0.05) is 30.4 Å². The van der Waals surface area contributed by atoms with Crippen molar-refractivity contribution in [1.29, 1.82) is 0 Å². The van der Waals surface area contributed by atoms with Crippen LogP contribution in [-0.4, -0.2) is 23.2 Å². The van der Waals surface area contributed by atoms with E-state index in [9.17, 15) is 4.79 Å². The zero-order valence-corrected chi connectivity index (χ0v) is 9.07. The molecule has 0 bridgehead atoms. The molecule has 1 heterocycles. The van der Waals surface area contributed by atoms with Gasteiger partial charge in [-0.3, -0.25) is 4.79 Å². The minimum atomic E-state index is 0.116. The molecule has 1 aliphatic rings. The van der Waals surface area contributed by atoms with Gasteiger partial charge in [0.15, 0.2) is 0 Å². The summed E-state index contributed by atoms with van der Waals surface area (Å²) in [6.45, 7) is 1.35. The van der Waals surface area contributed by atoms with Gasteiger partial charge in [-0.2, -0.15) is 0 Å². The molecular weight excluding hydrogens is 210 g/mol. The largest absolute Gasteiger partial charge is 0.331 e. The Hall–Kier alpha value is -1.28. The molecule has 2 nitrogen and oxygen atoms in total. The monoisotopic (exact) mass is 221 g/mol. The van der Waals surface area contributed by atoms with Crippen LogP contribution in [0.1, 0.15) is 15.9 Å². The van der Waals surface area contributed by atoms with Crippen molar-refractivity contribution in [3.63, 3.8) is 0 Å². The average molecular weight is 222 g/mol. The third-order valence-electron chi connectivity index (χ3n) is 2.48. The zero-order valence-electron chi connectivity index (χ0n) is 8.32. The first-order valence-corrected chi connectivity index (χ1v) is 5.44. The summed E-state index contributed by atoms with van der Waals surface area (Å²) in [6.07, 6.45) is 3.79. The van der Waals surface area contributed by atoms with E-state index < -0.39 is 0 Å². The highest BCUT2D eigenvalue weighted by atomic mass is 35.5. The van der Waals surface area contributed by atoms with Gasteiger partial charge in [0.25, 0.3) is 5.91 Å². The van der Waals surface area contributed by atoms with Crippen molar-refractivity contribution in [2.24, 2.45) is 0 Å². The van der Waals surface area contributed by atoms with Crippen LogP contribution in [0.5, 0.6) is 0 Å². The van der Waals surface area contributed by atoms with Crippen LogP contribution in [0.3, 0.4) is 0 Å². The molecule has 0 fully saturated rings. The fourth-order valence-electron chi connectivity index (χ4n) is 1.73. The van der Waals surface area contributed by atoms with E-state index in [1.807, 2.05) is 41.3 Å². The number of carbonyl (C=O) groups excluding carboxylic acids is 1. The number of fused-ring (bicyclic) bond motifs is 1. The highest BCUT2D eigenvalue weighted by Crippen LogP contribution is 2.21. The number of nitrogens with zero attached hydrogens (tertiary/aromatic N) is 1. The Labute approximate surface area is 94.2 Å². The smallest absolute Gasteiger partial charge is 0.254 e. The van der Waals surface area contributed by atoms with Gasteiger partial charge in [0.1, 0.15) is 0 Å². The molecule has 78 valence electrons. The maximum absolute atomic E-state index is 11.8. The number of hydrogen-bond donors (Lipinski definition) is 0. The van der Waals surface area contributed by atoms with Crippen LogP contribution in [0, 0.1) is 0 Å². The van der Waals surface area contributed by atoms with Crippen LogP contribution in [0.25, 0.3) is 0 Å². The van der Waals surface area contributed by atoms with Gasteiger partial charge < -0.3 is 4.90 Å². The first kappa shape index (κ1) is 10.2. The van der Waals surface area contributed by atoms with Crippen molar-refractivity contribution >= 4 is 17.5 Å². The summed E-state index contributed by atoms with van der Waals surface area (Å²) >= 11 is 5.52. The summed E-state index contributed by atoms with van der Waals surface area (Å²) in [7, 11) is 0. The van der Waals surface area contributed by atoms with Crippen molar-refractivity contribution in [3.8, 4) is 0 Å². The van der Waals surface area contributed by atoms with Crippen molar-refractivity contribution in [3.05, 3.63) is 47.5 Å². The van der Waals surface area contributed by atoms with Gasteiger partial charge in [-0.25, -0.2) is 0 Å². The van der Waals surface area contributed by atoms with Crippen LogP contribution in [-0.2, 0) is 6.54 Å². The molecule has 0 aliphatic carbocycles. The van der Waals surface area contributed by atoms with Crippen molar-refractivity contribution < 1.29 is 4.79 Å². The summed E-state index contributed by atoms with van der Waals surface area (Å²) < 4.78 is 0. The van der Waals surface area contributed by atoms with Gasteiger partial charge in [0.2, 0.25) is 0 Å². The molecule has 0 N–H and O–H groups in total. The highest BCUT2D eigenvalue weighted by molar-refractivity contribution is 6.18. The fourth-order valence-corrected chi connectivity index (χ4v) is 1.85. The predicted octanol–water partition coefficient (Wildman–Crippen LogP) is 2.44. The minimum absolute atomic E-state index is 0.116. The van der Waals surface area contributed by atoms with E-state index in [-0.39, 0.29) is 5.91 Å². The molecule has 3 heteroatoms. The number of allylic oxidation sites excluding steroid dienone is 1. The lowest BCUT2D eigenvalue weighted by atomic mass is 10.1. The maximum Gasteiger partial charge on any atom is 0.254 e. The molecule has 2 rings (SSSR count). The average Bonchev–Trinajstić information content (AvgIpc) is 2.57. The van der Waals surface area contributed by atoms with E-state index in [2.05, 4.69) is 0 Å². The summed E-state index contributed by atoms with van der Waals surface area (Å²) in [5, 5.41) is 0. The lowest BCUT2D eigenvalue weighted by Gasteiger charge is -2.11.